The lowest BCUT2D eigenvalue weighted by atomic mass is 9.94. The zero-order valence-electron chi connectivity index (χ0n) is 16.7. The van der Waals surface area contributed by atoms with E-state index in [-0.39, 0.29) is 17.2 Å². The molecule has 2 aromatic heterocycles. The van der Waals surface area contributed by atoms with Gasteiger partial charge in [-0.05, 0) is 62.1 Å². The highest BCUT2D eigenvalue weighted by molar-refractivity contribution is 5.94. The van der Waals surface area contributed by atoms with Crippen LogP contribution in [0.4, 0.5) is 13.2 Å². The summed E-state index contributed by atoms with van der Waals surface area (Å²) in [6, 6.07) is 8.72. The highest BCUT2D eigenvalue weighted by Crippen LogP contribution is 2.31. The first-order chi connectivity index (χ1) is 14.9. The summed E-state index contributed by atoms with van der Waals surface area (Å²) in [7, 11) is 0. The molecule has 0 fully saturated rings. The van der Waals surface area contributed by atoms with E-state index in [1.165, 1.54) is 23.4 Å². The van der Waals surface area contributed by atoms with Crippen LogP contribution in [-0.2, 0) is 19.4 Å². The van der Waals surface area contributed by atoms with E-state index in [0.29, 0.717) is 13.1 Å². The number of nitrogens with one attached hydrogen (secondary N) is 1. The van der Waals surface area contributed by atoms with Crippen LogP contribution in [-0.4, -0.2) is 33.6 Å². The maximum Gasteiger partial charge on any atom is 0.573 e. The Kier molecular flexibility index (Phi) is 5.92. The monoisotopic (exact) mass is 430 g/mol. The number of amides is 1. The molecule has 3 aromatic rings. The molecule has 6 nitrogen and oxygen atoms in total. The molecular weight excluding hydrogens is 409 g/mol. The second-order valence-corrected chi connectivity index (χ2v) is 7.27. The molecule has 0 radical (unpaired) electrons. The second kappa shape index (κ2) is 8.79. The first-order valence-electron chi connectivity index (χ1n) is 10.0. The van der Waals surface area contributed by atoms with Gasteiger partial charge < -0.3 is 10.1 Å². The minimum absolute atomic E-state index is 0.259. The van der Waals surface area contributed by atoms with Gasteiger partial charge in [-0.1, -0.05) is 0 Å². The normalized spacial score (nSPS) is 13.5. The molecular formula is C22H21F3N4O2. The van der Waals surface area contributed by atoms with E-state index in [0.717, 1.165) is 49.1 Å². The average molecular weight is 430 g/mol. The summed E-state index contributed by atoms with van der Waals surface area (Å²) in [5.74, 6) is -0.732. The maximum absolute atomic E-state index is 12.3. The molecule has 0 spiro atoms. The number of carbonyl (C=O) groups is 1. The number of benzene rings is 1. The van der Waals surface area contributed by atoms with Gasteiger partial charge in [0, 0.05) is 41.3 Å². The van der Waals surface area contributed by atoms with Gasteiger partial charge in [0.25, 0.3) is 5.91 Å². The summed E-state index contributed by atoms with van der Waals surface area (Å²) >= 11 is 0. The Balaban J connectivity index is 1.41. The molecule has 1 aliphatic rings. The molecule has 0 unspecified atom stereocenters. The summed E-state index contributed by atoms with van der Waals surface area (Å²) in [6.07, 6.45) is 2.88. The van der Waals surface area contributed by atoms with E-state index < -0.39 is 6.36 Å². The Morgan fingerprint density at radius 2 is 1.77 bits per heavy atom. The van der Waals surface area contributed by atoms with E-state index in [2.05, 4.69) is 15.0 Å². The van der Waals surface area contributed by atoms with Gasteiger partial charge in [0.2, 0.25) is 0 Å². The molecule has 0 bridgehead atoms. The quantitative estimate of drug-likeness (QED) is 0.638. The summed E-state index contributed by atoms with van der Waals surface area (Å²) in [5, 5.41) is 7.59. The van der Waals surface area contributed by atoms with Crippen molar-refractivity contribution in [2.24, 2.45) is 0 Å². The molecule has 1 amide bonds. The van der Waals surface area contributed by atoms with E-state index >= 15 is 0 Å². The predicted octanol–water partition coefficient (Wildman–Crippen LogP) is 4.15. The molecule has 9 heteroatoms. The van der Waals surface area contributed by atoms with Crippen LogP contribution in [0.5, 0.6) is 5.75 Å². The first kappa shape index (κ1) is 20.9. The van der Waals surface area contributed by atoms with Crippen LogP contribution >= 0.6 is 0 Å². The number of rotatable bonds is 6. The number of hydrogen-bond acceptors (Lipinski definition) is 4. The first-order valence-corrected chi connectivity index (χ1v) is 10.0. The number of aromatic nitrogens is 3. The molecule has 0 saturated heterocycles. The molecule has 1 aromatic carbocycles. The number of alkyl halides is 3. The lowest BCUT2D eigenvalue weighted by molar-refractivity contribution is -0.274. The van der Waals surface area contributed by atoms with Gasteiger partial charge >= 0.3 is 6.36 Å². The van der Waals surface area contributed by atoms with Gasteiger partial charge in [0.15, 0.2) is 0 Å². The SMILES string of the molecule is O=C(NCCn1nc(-c2ccncc2)c2c1CCCC2)c1ccc(OC(F)(F)F)cc1. The van der Waals surface area contributed by atoms with Crippen LogP contribution in [0.2, 0.25) is 0 Å². The zero-order chi connectivity index (χ0) is 21.8. The number of carbonyl (C=O) groups excluding carboxylic acids is 1. The topological polar surface area (TPSA) is 69.0 Å². The van der Waals surface area contributed by atoms with E-state index in [1.54, 1.807) is 12.4 Å². The molecule has 1 N–H and O–H groups in total. The van der Waals surface area contributed by atoms with Crippen molar-refractivity contribution in [1.29, 1.82) is 0 Å². The molecule has 4 rings (SSSR count). The van der Waals surface area contributed by atoms with Crippen LogP contribution < -0.4 is 10.1 Å². The minimum atomic E-state index is -4.76. The van der Waals surface area contributed by atoms with E-state index in [4.69, 9.17) is 5.10 Å². The van der Waals surface area contributed by atoms with Crippen molar-refractivity contribution in [2.45, 2.75) is 38.6 Å². The smallest absolute Gasteiger partial charge is 0.406 e. The number of halogens is 3. The highest BCUT2D eigenvalue weighted by Gasteiger charge is 2.31. The van der Waals surface area contributed by atoms with E-state index in [1.807, 2.05) is 16.8 Å². The number of pyridine rings is 1. The van der Waals surface area contributed by atoms with E-state index in [9.17, 15) is 18.0 Å². The van der Waals surface area contributed by atoms with Crippen LogP contribution in [0.15, 0.2) is 48.8 Å². The Bertz CT molecular complexity index is 1050. The van der Waals surface area contributed by atoms with Gasteiger partial charge in [-0.25, -0.2) is 0 Å². The number of hydrogen-bond donors (Lipinski definition) is 1. The lowest BCUT2D eigenvalue weighted by Crippen LogP contribution is -2.28. The second-order valence-electron chi connectivity index (χ2n) is 7.27. The number of ether oxygens (including phenoxy) is 1. The summed E-state index contributed by atoms with van der Waals surface area (Å²) < 4.78 is 42.5. The minimum Gasteiger partial charge on any atom is -0.406 e. The fourth-order valence-electron chi connectivity index (χ4n) is 3.78. The Morgan fingerprint density at radius 1 is 1.06 bits per heavy atom. The fraction of sp³-hybridized carbons (Fsp3) is 0.318. The van der Waals surface area contributed by atoms with Crippen LogP contribution in [0.1, 0.15) is 34.5 Å². The van der Waals surface area contributed by atoms with Crippen molar-refractivity contribution >= 4 is 5.91 Å². The lowest BCUT2D eigenvalue weighted by Gasteiger charge is -2.14. The van der Waals surface area contributed by atoms with Gasteiger partial charge in [-0.15, -0.1) is 13.2 Å². The molecule has 31 heavy (non-hydrogen) atoms. The van der Waals surface area contributed by atoms with Crippen molar-refractivity contribution in [1.82, 2.24) is 20.1 Å². The third-order valence-electron chi connectivity index (χ3n) is 5.17. The molecule has 0 aliphatic heterocycles. The Labute approximate surface area is 177 Å². The molecule has 0 atom stereocenters. The van der Waals surface area contributed by atoms with Gasteiger partial charge in [-0.2, -0.15) is 5.10 Å². The van der Waals surface area contributed by atoms with Gasteiger partial charge in [0.1, 0.15) is 5.75 Å². The van der Waals surface area contributed by atoms with Gasteiger partial charge in [0.05, 0.1) is 12.2 Å². The maximum atomic E-state index is 12.3. The zero-order valence-corrected chi connectivity index (χ0v) is 16.7. The predicted molar refractivity (Wildman–Crippen MR) is 108 cm³/mol. The van der Waals surface area contributed by atoms with Crippen LogP contribution in [0.25, 0.3) is 11.3 Å². The summed E-state index contributed by atoms with van der Waals surface area (Å²) in [6.45, 7) is 0.859. The van der Waals surface area contributed by atoms with Crippen LogP contribution in [0, 0.1) is 0 Å². The van der Waals surface area contributed by atoms with Crippen molar-refractivity contribution in [2.75, 3.05) is 6.54 Å². The Morgan fingerprint density at radius 3 is 2.48 bits per heavy atom. The van der Waals surface area contributed by atoms with Crippen molar-refractivity contribution in [3.8, 4) is 17.0 Å². The van der Waals surface area contributed by atoms with Crippen molar-refractivity contribution in [3.63, 3.8) is 0 Å². The molecule has 1 aliphatic carbocycles. The van der Waals surface area contributed by atoms with Crippen molar-refractivity contribution < 1.29 is 22.7 Å². The molecule has 2 heterocycles. The fourth-order valence-corrected chi connectivity index (χ4v) is 3.78. The average Bonchev–Trinajstić information content (AvgIpc) is 3.12. The summed E-state index contributed by atoms with van der Waals surface area (Å²) in [5.41, 5.74) is 4.69. The van der Waals surface area contributed by atoms with Crippen molar-refractivity contribution in [3.05, 3.63) is 65.6 Å². The molecule has 162 valence electrons. The largest absolute Gasteiger partial charge is 0.573 e. The number of fused-ring (bicyclic) bond motifs is 1. The third-order valence-corrected chi connectivity index (χ3v) is 5.17. The standard InChI is InChI=1S/C22H21F3N4O2/c23-22(24,25)31-17-7-5-16(6-8-17)21(30)27-13-14-29-19-4-2-1-3-18(19)20(28-29)15-9-11-26-12-10-15/h5-12H,1-4,13-14H2,(H,27,30). The number of nitrogens with zero attached hydrogens (tertiary/aromatic N) is 3. The molecule has 0 saturated carbocycles. The Hall–Kier alpha value is -3.36. The third kappa shape index (κ3) is 5.04. The van der Waals surface area contributed by atoms with Crippen LogP contribution in [0.3, 0.4) is 0 Å². The summed E-state index contributed by atoms with van der Waals surface area (Å²) in [4.78, 5) is 16.4. The highest BCUT2D eigenvalue weighted by atomic mass is 19.4. The van der Waals surface area contributed by atoms with Gasteiger partial charge in [-0.3, -0.25) is 14.5 Å².